The molecule has 1 aliphatic carbocycles. The first kappa shape index (κ1) is 26.2. The Bertz CT molecular complexity index is 2100. The lowest BCUT2D eigenvalue weighted by atomic mass is 10.0. The highest BCUT2D eigenvalue weighted by Crippen LogP contribution is 2.43. The average Bonchev–Trinajstić information content (AvgIpc) is 3.72. The molecule has 3 aromatic heterocycles. The molecule has 1 amide bonds. The second-order valence-corrected chi connectivity index (χ2v) is 12.4. The van der Waals surface area contributed by atoms with Crippen LogP contribution in [0.2, 0.25) is 0 Å². The quantitative estimate of drug-likeness (QED) is 0.295. The summed E-state index contributed by atoms with van der Waals surface area (Å²) in [6.45, 7) is 0.162. The highest BCUT2D eigenvalue weighted by molar-refractivity contribution is 7.92. The second-order valence-electron chi connectivity index (χ2n) is 10.4. The van der Waals surface area contributed by atoms with E-state index in [1.807, 2.05) is 10.6 Å². The molecule has 0 fully saturated rings. The number of sulfonamides is 1. The van der Waals surface area contributed by atoms with Gasteiger partial charge in [-0.25, -0.2) is 22.8 Å². The first-order valence-electron chi connectivity index (χ1n) is 13.4. The van der Waals surface area contributed by atoms with E-state index in [0.717, 1.165) is 35.4 Å². The molecule has 12 heteroatoms. The van der Waals surface area contributed by atoms with Gasteiger partial charge in [-0.1, -0.05) is 12.1 Å². The van der Waals surface area contributed by atoms with Gasteiger partial charge in [-0.15, -0.1) is 0 Å². The Kier molecular flexibility index (Phi) is 5.87. The molecule has 1 aliphatic heterocycles. The molecule has 4 heterocycles. The highest BCUT2D eigenvalue weighted by Gasteiger charge is 2.29. The molecule has 0 bridgehead atoms. The molecule has 7 rings (SSSR count). The van der Waals surface area contributed by atoms with E-state index in [1.54, 1.807) is 31.3 Å². The highest BCUT2D eigenvalue weighted by atomic mass is 32.2. The normalized spacial score (nSPS) is 14.4. The van der Waals surface area contributed by atoms with Crippen molar-refractivity contribution in [2.75, 3.05) is 24.7 Å². The molecule has 0 unspecified atom stereocenters. The molecule has 0 radical (unpaired) electrons. The van der Waals surface area contributed by atoms with Crippen LogP contribution < -0.4 is 14.4 Å². The number of rotatable bonds is 5. The van der Waals surface area contributed by atoms with Crippen molar-refractivity contribution in [3.63, 3.8) is 0 Å². The lowest BCUT2D eigenvalue weighted by Gasteiger charge is -2.22. The zero-order chi connectivity index (χ0) is 29.3. The fraction of sp³-hybridized carbons (Fsp3) is 0.233. The number of fused-ring (bicyclic) bond motifs is 6. The van der Waals surface area contributed by atoms with Gasteiger partial charge in [0.05, 0.1) is 34.9 Å². The Morgan fingerprint density at radius 3 is 2.76 bits per heavy atom. The van der Waals surface area contributed by atoms with E-state index in [0.29, 0.717) is 55.9 Å². The maximum Gasteiger partial charge on any atom is 0.255 e. The summed E-state index contributed by atoms with van der Waals surface area (Å²) in [7, 11) is -0.722. The summed E-state index contributed by atoms with van der Waals surface area (Å²) < 4.78 is 55.2. The maximum atomic E-state index is 14.6. The molecule has 10 nitrogen and oxygen atoms in total. The predicted molar refractivity (Wildman–Crippen MR) is 157 cm³/mol. The van der Waals surface area contributed by atoms with Crippen LogP contribution >= 0.6 is 0 Å². The summed E-state index contributed by atoms with van der Waals surface area (Å²) >= 11 is 0. The number of halogens is 1. The van der Waals surface area contributed by atoms with E-state index < -0.39 is 10.0 Å². The number of furan rings is 1. The lowest BCUT2D eigenvalue weighted by Crippen LogP contribution is -2.25. The van der Waals surface area contributed by atoms with Crippen LogP contribution in [0.25, 0.3) is 50.2 Å². The number of benzene rings is 2. The minimum atomic E-state index is -3.71. The molecule has 5 aromatic rings. The van der Waals surface area contributed by atoms with Crippen molar-refractivity contribution in [2.24, 2.45) is 0 Å². The largest absolute Gasteiger partial charge is 0.469 e. The summed E-state index contributed by atoms with van der Waals surface area (Å²) in [6.07, 6.45) is 7.30. The Morgan fingerprint density at radius 2 is 2.02 bits per heavy atom. The summed E-state index contributed by atoms with van der Waals surface area (Å²) in [4.78, 5) is 22.5. The average molecular weight is 588 g/mol. The summed E-state index contributed by atoms with van der Waals surface area (Å²) in [5.74, 6) is 0.409. The third-order valence-electron chi connectivity index (χ3n) is 7.91. The van der Waals surface area contributed by atoms with Crippen LogP contribution in [-0.2, 0) is 16.8 Å². The molecule has 42 heavy (non-hydrogen) atoms. The molecule has 1 N–H and O–H groups in total. The number of nitrogens with one attached hydrogen (secondary N) is 1. The number of amides is 1. The fourth-order valence-electron chi connectivity index (χ4n) is 5.71. The van der Waals surface area contributed by atoms with Crippen LogP contribution in [-0.4, -0.2) is 49.2 Å². The first-order valence-corrected chi connectivity index (χ1v) is 15.2. The van der Waals surface area contributed by atoms with E-state index in [-0.39, 0.29) is 30.0 Å². The number of hydrogen-bond donors (Lipinski definition) is 1. The minimum absolute atomic E-state index is 0.162. The van der Waals surface area contributed by atoms with Crippen molar-refractivity contribution in [1.29, 1.82) is 0 Å². The van der Waals surface area contributed by atoms with E-state index in [2.05, 4.69) is 16.4 Å². The molecule has 0 saturated carbocycles. The van der Waals surface area contributed by atoms with E-state index >= 15 is 0 Å². The van der Waals surface area contributed by atoms with Gasteiger partial charge in [-0.3, -0.25) is 9.10 Å². The third kappa shape index (κ3) is 3.97. The van der Waals surface area contributed by atoms with Gasteiger partial charge >= 0.3 is 0 Å². The maximum absolute atomic E-state index is 14.6. The minimum Gasteiger partial charge on any atom is -0.469 e. The van der Waals surface area contributed by atoms with E-state index in [1.165, 1.54) is 19.3 Å². The number of anilines is 1. The fourth-order valence-corrected chi connectivity index (χ4v) is 6.22. The lowest BCUT2D eigenvalue weighted by molar-refractivity contribution is 0.0963. The van der Waals surface area contributed by atoms with Gasteiger partial charge in [-0.05, 0) is 49.1 Å². The topological polar surface area (TPSA) is 120 Å². The third-order valence-corrected chi connectivity index (χ3v) is 9.10. The molecule has 0 saturated heterocycles. The van der Waals surface area contributed by atoms with Crippen molar-refractivity contribution < 1.29 is 26.8 Å². The number of nitrogens with zero attached hydrogens (tertiary/aromatic N) is 4. The number of carbonyl (C=O) groups excluding carboxylic acids is 1. The Morgan fingerprint density at radius 1 is 1.19 bits per heavy atom. The summed E-state index contributed by atoms with van der Waals surface area (Å²) in [5.41, 5.74) is 4.06. The smallest absolute Gasteiger partial charge is 0.255 e. The standard InChI is InChI=1S/C30H26FN5O5S/c1-32-30(37)26-19-11-18(22(35(2)42(3,38)39)13-24(19)41-28(26)16-7-4-5-8-16)29-33-14-25-27(34-29)23-12-17-20(31)9-6-10-21(17)36(23)15-40-25/h6-7,9-14H,4-5,8,15H2,1-3H3,(H,32,37). The van der Waals surface area contributed by atoms with Gasteiger partial charge in [0, 0.05) is 36.5 Å². The molecular weight excluding hydrogens is 561 g/mol. The zero-order valence-corrected chi connectivity index (χ0v) is 23.9. The van der Waals surface area contributed by atoms with Crippen molar-refractivity contribution >= 4 is 49.1 Å². The Balaban J connectivity index is 1.49. The van der Waals surface area contributed by atoms with Crippen LogP contribution in [0, 0.1) is 5.82 Å². The molecule has 2 aliphatic rings. The molecule has 0 atom stereocenters. The van der Waals surface area contributed by atoms with Crippen LogP contribution in [0.1, 0.15) is 35.4 Å². The van der Waals surface area contributed by atoms with Crippen LogP contribution in [0.4, 0.5) is 10.1 Å². The van der Waals surface area contributed by atoms with Gasteiger partial charge in [0.2, 0.25) is 10.0 Å². The predicted octanol–water partition coefficient (Wildman–Crippen LogP) is 5.32. The molecule has 214 valence electrons. The van der Waals surface area contributed by atoms with Crippen molar-refractivity contribution in [3.05, 3.63) is 65.8 Å². The van der Waals surface area contributed by atoms with Crippen LogP contribution in [0.15, 0.2) is 53.1 Å². The number of ether oxygens (including phenoxy) is 1. The number of hydrogen-bond acceptors (Lipinski definition) is 7. The first-order chi connectivity index (χ1) is 20.2. The Hall–Kier alpha value is -4.71. The van der Waals surface area contributed by atoms with Crippen LogP contribution in [0.5, 0.6) is 5.75 Å². The second kappa shape index (κ2) is 9.41. The van der Waals surface area contributed by atoms with Gasteiger partial charge < -0.3 is 19.0 Å². The van der Waals surface area contributed by atoms with Crippen molar-refractivity contribution in [2.45, 2.75) is 26.0 Å². The number of carbonyl (C=O) groups is 1. The van der Waals surface area contributed by atoms with Crippen molar-refractivity contribution in [1.82, 2.24) is 19.9 Å². The van der Waals surface area contributed by atoms with Gasteiger partial charge in [0.25, 0.3) is 5.91 Å². The number of allylic oxidation sites excluding steroid dienone is 2. The van der Waals surface area contributed by atoms with Gasteiger partial charge in [-0.2, -0.15) is 0 Å². The summed E-state index contributed by atoms with van der Waals surface area (Å²) in [5, 5.41) is 3.64. The zero-order valence-electron chi connectivity index (χ0n) is 23.1. The van der Waals surface area contributed by atoms with Gasteiger partial charge in [0.1, 0.15) is 22.9 Å². The van der Waals surface area contributed by atoms with Crippen LogP contribution in [0.3, 0.4) is 0 Å². The molecular formula is C30H26FN5O5S. The SMILES string of the molecule is CNC(=O)c1c(C2=CCCC2)oc2cc(N(C)S(C)(=O)=O)c(-c3ncc4c(n3)-c3cc5c(F)cccc5n3CO4)cc12. The number of aromatic nitrogens is 3. The molecule has 2 aromatic carbocycles. The molecule has 0 spiro atoms. The summed E-state index contributed by atoms with van der Waals surface area (Å²) in [6, 6.07) is 9.86. The van der Waals surface area contributed by atoms with E-state index in [9.17, 15) is 17.6 Å². The Labute approximate surface area is 240 Å². The monoisotopic (exact) mass is 587 g/mol. The van der Waals surface area contributed by atoms with Gasteiger partial charge in [0.15, 0.2) is 18.3 Å². The van der Waals surface area contributed by atoms with Crippen molar-refractivity contribution in [3.8, 4) is 28.5 Å². The van der Waals surface area contributed by atoms with E-state index in [4.69, 9.17) is 14.1 Å².